The molecular weight excluding hydrogens is 260 g/mol. The van der Waals surface area contributed by atoms with E-state index in [0.717, 1.165) is 18.6 Å². The molecule has 1 N–H and O–H groups in total. The van der Waals surface area contributed by atoms with Gasteiger partial charge in [0, 0.05) is 24.6 Å². The van der Waals surface area contributed by atoms with Gasteiger partial charge >= 0.3 is 0 Å². The molecule has 3 nitrogen and oxygen atoms in total. The van der Waals surface area contributed by atoms with Gasteiger partial charge in [0.1, 0.15) is 0 Å². The van der Waals surface area contributed by atoms with Crippen LogP contribution in [-0.4, -0.2) is 50.3 Å². The first-order valence-electron chi connectivity index (χ1n) is 9.29. The van der Waals surface area contributed by atoms with Crippen LogP contribution >= 0.6 is 0 Å². The number of nitrogens with one attached hydrogen (secondary N) is 1. The molecule has 3 fully saturated rings. The van der Waals surface area contributed by atoms with Crippen LogP contribution in [-0.2, 0) is 4.74 Å². The van der Waals surface area contributed by atoms with Crippen molar-refractivity contribution in [1.29, 1.82) is 0 Å². The Morgan fingerprint density at radius 3 is 2.52 bits per heavy atom. The number of ether oxygens (including phenoxy) is 1. The monoisotopic (exact) mass is 294 g/mol. The molecule has 122 valence electrons. The van der Waals surface area contributed by atoms with Crippen LogP contribution in [0.1, 0.15) is 58.3 Å². The van der Waals surface area contributed by atoms with Gasteiger partial charge in [0.15, 0.2) is 0 Å². The predicted molar refractivity (Wildman–Crippen MR) is 87.6 cm³/mol. The molecule has 2 unspecified atom stereocenters. The van der Waals surface area contributed by atoms with Crippen molar-refractivity contribution >= 4 is 0 Å². The maximum atomic E-state index is 6.10. The van der Waals surface area contributed by atoms with Crippen molar-refractivity contribution in [3.8, 4) is 0 Å². The smallest absolute Gasteiger partial charge is 0.0661 e. The van der Waals surface area contributed by atoms with Crippen molar-refractivity contribution in [3.05, 3.63) is 0 Å². The fourth-order valence-corrected chi connectivity index (χ4v) is 5.24. The second-order valence-corrected chi connectivity index (χ2v) is 7.62. The van der Waals surface area contributed by atoms with Gasteiger partial charge in [-0.3, -0.25) is 0 Å². The van der Waals surface area contributed by atoms with Crippen LogP contribution in [0.2, 0.25) is 0 Å². The van der Waals surface area contributed by atoms with E-state index < -0.39 is 0 Å². The number of rotatable bonds is 5. The quantitative estimate of drug-likeness (QED) is 0.843. The van der Waals surface area contributed by atoms with Gasteiger partial charge in [-0.25, -0.2) is 0 Å². The average molecular weight is 294 g/mol. The number of hydrogen-bond donors (Lipinski definition) is 1. The summed E-state index contributed by atoms with van der Waals surface area (Å²) >= 11 is 0. The molecule has 1 saturated heterocycles. The third-order valence-corrected chi connectivity index (χ3v) is 6.43. The molecule has 21 heavy (non-hydrogen) atoms. The zero-order valence-electron chi connectivity index (χ0n) is 14.1. The number of hydrogen-bond acceptors (Lipinski definition) is 3. The lowest BCUT2D eigenvalue weighted by molar-refractivity contribution is -0.180. The van der Waals surface area contributed by atoms with Gasteiger partial charge in [0.25, 0.3) is 0 Å². The van der Waals surface area contributed by atoms with Gasteiger partial charge in [0.05, 0.1) is 6.10 Å². The Hall–Kier alpha value is -0.120. The average Bonchev–Trinajstić information content (AvgIpc) is 2.52. The Morgan fingerprint density at radius 2 is 1.86 bits per heavy atom. The summed E-state index contributed by atoms with van der Waals surface area (Å²) in [5.41, 5.74) is 0.496. The summed E-state index contributed by atoms with van der Waals surface area (Å²) in [6.45, 7) is 6.78. The van der Waals surface area contributed by atoms with Crippen LogP contribution in [0.15, 0.2) is 0 Å². The summed E-state index contributed by atoms with van der Waals surface area (Å²) in [5.74, 6) is 0.906. The SMILES string of the molecule is CCOC1CC(N(C)CC2CCNCC2)C12CCCCC2. The summed E-state index contributed by atoms with van der Waals surface area (Å²) < 4.78 is 6.10. The largest absolute Gasteiger partial charge is 0.378 e. The standard InChI is InChI=1S/C18H34N2O/c1-3-21-17-13-16(18(17)9-5-4-6-10-18)20(2)14-15-7-11-19-12-8-15/h15-17,19H,3-14H2,1-2H3. The van der Waals surface area contributed by atoms with Crippen LogP contribution < -0.4 is 5.32 Å². The van der Waals surface area contributed by atoms with Crippen molar-refractivity contribution < 1.29 is 4.74 Å². The van der Waals surface area contributed by atoms with E-state index in [-0.39, 0.29) is 0 Å². The topological polar surface area (TPSA) is 24.5 Å². The van der Waals surface area contributed by atoms with Crippen LogP contribution in [0, 0.1) is 11.3 Å². The lowest BCUT2D eigenvalue weighted by atomic mass is 9.54. The normalized spacial score (nSPS) is 33.3. The van der Waals surface area contributed by atoms with E-state index in [2.05, 4.69) is 24.2 Å². The molecule has 2 aliphatic carbocycles. The van der Waals surface area contributed by atoms with Crippen LogP contribution in [0.4, 0.5) is 0 Å². The van der Waals surface area contributed by atoms with E-state index in [1.165, 1.54) is 71.0 Å². The van der Waals surface area contributed by atoms with E-state index in [1.54, 1.807) is 0 Å². The van der Waals surface area contributed by atoms with Gasteiger partial charge in [-0.15, -0.1) is 0 Å². The maximum Gasteiger partial charge on any atom is 0.0661 e. The van der Waals surface area contributed by atoms with E-state index >= 15 is 0 Å². The van der Waals surface area contributed by atoms with Crippen LogP contribution in [0.25, 0.3) is 0 Å². The molecule has 2 atom stereocenters. The number of nitrogens with zero attached hydrogens (tertiary/aromatic N) is 1. The fraction of sp³-hybridized carbons (Fsp3) is 1.00. The van der Waals surface area contributed by atoms with Gasteiger partial charge in [-0.2, -0.15) is 0 Å². The van der Waals surface area contributed by atoms with Crippen LogP contribution in [0.5, 0.6) is 0 Å². The van der Waals surface area contributed by atoms with Crippen molar-refractivity contribution in [2.75, 3.05) is 33.3 Å². The summed E-state index contributed by atoms with van der Waals surface area (Å²) in [4.78, 5) is 2.71. The number of piperidine rings is 1. The molecule has 3 heteroatoms. The molecule has 3 rings (SSSR count). The molecule has 1 aliphatic heterocycles. The van der Waals surface area contributed by atoms with Crippen molar-refractivity contribution in [3.63, 3.8) is 0 Å². The first-order chi connectivity index (χ1) is 10.3. The third-order valence-electron chi connectivity index (χ3n) is 6.43. The Kier molecular flexibility index (Phi) is 5.23. The molecule has 2 saturated carbocycles. The Labute approximate surface area is 130 Å². The molecule has 0 aromatic rings. The van der Waals surface area contributed by atoms with E-state index in [9.17, 15) is 0 Å². The highest BCUT2D eigenvalue weighted by molar-refractivity contribution is 5.09. The first kappa shape index (κ1) is 15.8. The Bertz CT molecular complexity index is 321. The zero-order chi connectivity index (χ0) is 14.7. The van der Waals surface area contributed by atoms with Crippen molar-refractivity contribution in [2.24, 2.45) is 11.3 Å². The minimum atomic E-state index is 0.496. The second-order valence-electron chi connectivity index (χ2n) is 7.62. The van der Waals surface area contributed by atoms with E-state index in [1.807, 2.05) is 0 Å². The lowest BCUT2D eigenvalue weighted by Gasteiger charge is -2.60. The van der Waals surface area contributed by atoms with Crippen molar-refractivity contribution in [1.82, 2.24) is 10.2 Å². The van der Waals surface area contributed by atoms with Gasteiger partial charge in [0.2, 0.25) is 0 Å². The Morgan fingerprint density at radius 1 is 1.14 bits per heavy atom. The highest BCUT2D eigenvalue weighted by Gasteiger charge is 2.56. The van der Waals surface area contributed by atoms with Gasteiger partial charge in [-0.05, 0) is 65.1 Å². The predicted octanol–water partition coefficient (Wildman–Crippen LogP) is 3.05. The highest BCUT2D eigenvalue weighted by atomic mass is 16.5. The van der Waals surface area contributed by atoms with Crippen molar-refractivity contribution in [2.45, 2.75) is 70.4 Å². The summed E-state index contributed by atoms with van der Waals surface area (Å²) in [6.07, 6.45) is 11.6. The third kappa shape index (κ3) is 3.16. The molecule has 1 heterocycles. The fourth-order valence-electron chi connectivity index (χ4n) is 5.24. The summed E-state index contributed by atoms with van der Waals surface area (Å²) in [7, 11) is 2.38. The summed E-state index contributed by atoms with van der Waals surface area (Å²) in [5, 5.41) is 3.49. The molecule has 0 radical (unpaired) electrons. The zero-order valence-corrected chi connectivity index (χ0v) is 14.1. The highest BCUT2D eigenvalue weighted by Crippen LogP contribution is 2.55. The molecule has 1 spiro atoms. The Balaban J connectivity index is 1.60. The summed E-state index contributed by atoms with van der Waals surface area (Å²) in [6, 6.07) is 0.782. The van der Waals surface area contributed by atoms with Crippen LogP contribution in [0.3, 0.4) is 0 Å². The second kappa shape index (κ2) is 6.97. The minimum absolute atomic E-state index is 0.496. The lowest BCUT2D eigenvalue weighted by Crippen LogP contribution is -2.65. The minimum Gasteiger partial charge on any atom is -0.378 e. The molecule has 0 bridgehead atoms. The maximum absolute atomic E-state index is 6.10. The van der Waals surface area contributed by atoms with Gasteiger partial charge in [-0.1, -0.05) is 19.3 Å². The molecule has 0 amide bonds. The molecule has 3 aliphatic rings. The molecule has 0 aromatic heterocycles. The van der Waals surface area contributed by atoms with E-state index in [4.69, 9.17) is 4.74 Å². The van der Waals surface area contributed by atoms with E-state index in [0.29, 0.717) is 11.5 Å². The first-order valence-corrected chi connectivity index (χ1v) is 9.29. The molecular formula is C18H34N2O. The molecule has 0 aromatic carbocycles. The van der Waals surface area contributed by atoms with Gasteiger partial charge < -0.3 is 15.0 Å².